The minimum absolute atomic E-state index is 0.107. The maximum Gasteiger partial charge on any atom is 0.257 e. The molecule has 6 heteroatoms. The molecule has 1 aromatic heterocycles. The fourth-order valence-electron chi connectivity index (χ4n) is 2.74. The van der Waals surface area contributed by atoms with E-state index in [2.05, 4.69) is 29.1 Å². The SMILES string of the molecule is CCC(CC)Nc1nc(C)c(-c2ccc(OC)cc2CO)nc1OC. The molecule has 1 heterocycles. The van der Waals surface area contributed by atoms with Gasteiger partial charge in [-0.3, -0.25) is 0 Å². The lowest BCUT2D eigenvalue weighted by Gasteiger charge is -2.19. The Kier molecular flexibility index (Phi) is 6.58. The average Bonchev–Trinajstić information content (AvgIpc) is 2.65. The molecule has 0 aliphatic carbocycles. The molecule has 0 fully saturated rings. The summed E-state index contributed by atoms with van der Waals surface area (Å²) in [5.74, 6) is 1.79. The van der Waals surface area contributed by atoms with Crippen molar-refractivity contribution in [3.63, 3.8) is 0 Å². The quantitative estimate of drug-likeness (QED) is 0.762. The summed E-state index contributed by atoms with van der Waals surface area (Å²) in [6.07, 6.45) is 1.99. The molecule has 136 valence electrons. The van der Waals surface area contributed by atoms with Gasteiger partial charge in [-0.25, -0.2) is 9.97 Å². The molecule has 0 bridgehead atoms. The number of aliphatic hydroxyl groups is 1. The fraction of sp³-hybridized carbons (Fsp3) is 0.474. The second kappa shape index (κ2) is 8.67. The van der Waals surface area contributed by atoms with Crippen LogP contribution in [0.5, 0.6) is 11.6 Å². The van der Waals surface area contributed by atoms with Crippen LogP contribution in [-0.4, -0.2) is 35.3 Å². The van der Waals surface area contributed by atoms with Crippen LogP contribution in [0.15, 0.2) is 18.2 Å². The molecule has 0 radical (unpaired) electrons. The third-order valence-corrected chi connectivity index (χ3v) is 4.30. The summed E-state index contributed by atoms with van der Waals surface area (Å²) in [5.41, 5.74) is 3.02. The van der Waals surface area contributed by atoms with Gasteiger partial charge in [-0.15, -0.1) is 0 Å². The Hall–Kier alpha value is -2.34. The molecule has 2 rings (SSSR count). The topological polar surface area (TPSA) is 76.5 Å². The van der Waals surface area contributed by atoms with Crippen molar-refractivity contribution in [2.45, 2.75) is 46.3 Å². The van der Waals surface area contributed by atoms with Gasteiger partial charge < -0.3 is 19.9 Å². The van der Waals surface area contributed by atoms with Crippen molar-refractivity contribution in [2.24, 2.45) is 0 Å². The Morgan fingerprint density at radius 2 is 1.84 bits per heavy atom. The second-order valence-corrected chi connectivity index (χ2v) is 5.85. The van der Waals surface area contributed by atoms with Gasteiger partial charge in [0, 0.05) is 11.6 Å². The van der Waals surface area contributed by atoms with Gasteiger partial charge in [-0.1, -0.05) is 13.8 Å². The molecule has 0 atom stereocenters. The van der Waals surface area contributed by atoms with Crippen LogP contribution in [-0.2, 0) is 6.61 Å². The molecule has 0 aliphatic heterocycles. The van der Waals surface area contributed by atoms with E-state index in [9.17, 15) is 5.11 Å². The van der Waals surface area contributed by atoms with Gasteiger partial charge in [-0.2, -0.15) is 0 Å². The fourth-order valence-corrected chi connectivity index (χ4v) is 2.74. The summed E-state index contributed by atoms with van der Waals surface area (Å²) in [5, 5.41) is 13.1. The first kappa shape index (κ1) is 19.0. The largest absolute Gasteiger partial charge is 0.497 e. The molecule has 0 unspecified atom stereocenters. The highest BCUT2D eigenvalue weighted by Gasteiger charge is 2.17. The summed E-state index contributed by atoms with van der Waals surface area (Å²) in [6.45, 7) is 6.06. The molecule has 0 saturated carbocycles. The molecular weight excluding hydrogens is 318 g/mol. The molecular formula is C19H27N3O3. The maximum atomic E-state index is 9.71. The van der Waals surface area contributed by atoms with Crippen LogP contribution in [0.3, 0.4) is 0 Å². The Labute approximate surface area is 149 Å². The number of anilines is 1. The van der Waals surface area contributed by atoms with E-state index >= 15 is 0 Å². The second-order valence-electron chi connectivity index (χ2n) is 5.85. The molecule has 25 heavy (non-hydrogen) atoms. The number of benzene rings is 1. The number of nitrogens with one attached hydrogen (secondary N) is 1. The molecule has 0 aliphatic rings. The average molecular weight is 345 g/mol. The highest BCUT2D eigenvalue weighted by atomic mass is 16.5. The Morgan fingerprint density at radius 3 is 2.40 bits per heavy atom. The predicted octanol–water partition coefficient (Wildman–Crippen LogP) is 3.56. The molecule has 2 N–H and O–H groups in total. The monoisotopic (exact) mass is 345 g/mol. The van der Waals surface area contributed by atoms with E-state index in [4.69, 9.17) is 9.47 Å². The first-order valence-corrected chi connectivity index (χ1v) is 8.55. The summed E-state index contributed by atoms with van der Waals surface area (Å²) in [4.78, 5) is 9.31. The van der Waals surface area contributed by atoms with Crippen molar-refractivity contribution in [3.8, 4) is 22.9 Å². The van der Waals surface area contributed by atoms with Crippen LogP contribution in [0.2, 0.25) is 0 Å². The zero-order valence-corrected chi connectivity index (χ0v) is 15.6. The van der Waals surface area contributed by atoms with Crippen LogP contribution in [0.4, 0.5) is 5.82 Å². The number of aromatic nitrogens is 2. The number of hydrogen-bond acceptors (Lipinski definition) is 6. The summed E-state index contributed by atoms with van der Waals surface area (Å²) in [6, 6.07) is 5.86. The zero-order chi connectivity index (χ0) is 18.4. The van der Waals surface area contributed by atoms with Crippen molar-refractivity contribution < 1.29 is 14.6 Å². The summed E-state index contributed by atoms with van der Waals surface area (Å²) < 4.78 is 10.7. The van der Waals surface area contributed by atoms with Gasteiger partial charge in [-0.05, 0) is 43.5 Å². The van der Waals surface area contributed by atoms with Crippen LogP contribution in [0, 0.1) is 6.92 Å². The van der Waals surface area contributed by atoms with Crippen LogP contribution in [0.25, 0.3) is 11.3 Å². The van der Waals surface area contributed by atoms with Crippen LogP contribution in [0.1, 0.15) is 37.9 Å². The van der Waals surface area contributed by atoms with Gasteiger partial charge in [0.1, 0.15) is 5.75 Å². The van der Waals surface area contributed by atoms with E-state index in [1.54, 1.807) is 20.3 Å². The van der Waals surface area contributed by atoms with Crippen molar-refractivity contribution >= 4 is 5.82 Å². The minimum atomic E-state index is -0.107. The predicted molar refractivity (Wildman–Crippen MR) is 99.2 cm³/mol. The third kappa shape index (κ3) is 4.20. The van der Waals surface area contributed by atoms with E-state index in [-0.39, 0.29) is 6.61 Å². The summed E-state index contributed by atoms with van der Waals surface area (Å²) >= 11 is 0. The van der Waals surface area contributed by atoms with Gasteiger partial charge >= 0.3 is 0 Å². The van der Waals surface area contributed by atoms with E-state index < -0.39 is 0 Å². The van der Waals surface area contributed by atoms with Crippen molar-refractivity contribution in [1.29, 1.82) is 0 Å². The van der Waals surface area contributed by atoms with Gasteiger partial charge in [0.25, 0.3) is 5.88 Å². The Balaban J connectivity index is 2.50. The van der Waals surface area contributed by atoms with Crippen LogP contribution < -0.4 is 14.8 Å². The normalized spacial score (nSPS) is 10.8. The lowest BCUT2D eigenvalue weighted by molar-refractivity contribution is 0.281. The van der Waals surface area contributed by atoms with E-state index in [0.717, 1.165) is 29.7 Å². The lowest BCUT2D eigenvalue weighted by atomic mass is 10.0. The minimum Gasteiger partial charge on any atom is -0.497 e. The first-order valence-electron chi connectivity index (χ1n) is 8.55. The smallest absolute Gasteiger partial charge is 0.257 e. The Bertz CT molecular complexity index is 715. The van der Waals surface area contributed by atoms with Crippen molar-refractivity contribution in [2.75, 3.05) is 19.5 Å². The van der Waals surface area contributed by atoms with E-state index in [0.29, 0.717) is 29.2 Å². The number of aryl methyl sites for hydroxylation is 1. The van der Waals surface area contributed by atoms with Gasteiger partial charge in [0.2, 0.25) is 0 Å². The molecule has 2 aromatic rings. The number of methoxy groups -OCH3 is 2. The highest BCUT2D eigenvalue weighted by Crippen LogP contribution is 2.32. The van der Waals surface area contributed by atoms with Gasteiger partial charge in [0.05, 0.1) is 32.2 Å². The van der Waals surface area contributed by atoms with E-state index in [1.165, 1.54) is 0 Å². The van der Waals surface area contributed by atoms with E-state index in [1.807, 2.05) is 19.1 Å². The maximum absolute atomic E-state index is 9.71. The Morgan fingerprint density at radius 1 is 1.12 bits per heavy atom. The summed E-state index contributed by atoms with van der Waals surface area (Å²) in [7, 11) is 3.19. The van der Waals surface area contributed by atoms with Crippen molar-refractivity contribution in [1.82, 2.24) is 9.97 Å². The number of hydrogen-bond donors (Lipinski definition) is 2. The molecule has 1 aromatic carbocycles. The number of aliphatic hydroxyl groups excluding tert-OH is 1. The standard InChI is InChI=1S/C19H27N3O3/c1-6-14(7-2)21-18-19(25-5)22-17(12(3)20-18)16-9-8-15(24-4)10-13(16)11-23/h8-10,14,23H,6-7,11H2,1-5H3,(H,20,21). The van der Waals surface area contributed by atoms with Gasteiger partial charge in [0.15, 0.2) is 5.82 Å². The molecule has 0 spiro atoms. The molecule has 0 amide bonds. The number of rotatable bonds is 8. The highest BCUT2D eigenvalue weighted by molar-refractivity contribution is 5.69. The zero-order valence-electron chi connectivity index (χ0n) is 15.6. The molecule has 0 saturated heterocycles. The third-order valence-electron chi connectivity index (χ3n) is 4.30. The number of nitrogens with zero attached hydrogens (tertiary/aromatic N) is 2. The first-order chi connectivity index (χ1) is 12.1. The van der Waals surface area contributed by atoms with Crippen LogP contribution >= 0.6 is 0 Å². The molecule has 6 nitrogen and oxygen atoms in total. The lowest BCUT2D eigenvalue weighted by Crippen LogP contribution is -2.19. The number of ether oxygens (including phenoxy) is 2. The van der Waals surface area contributed by atoms with Crippen molar-refractivity contribution in [3.05, 3.63) is 29.5 Å².